The van der Waals surface area contributed by atoms with E-state index in [9.17, 15) is 13.2 Å². The Bertz CT molecular complexity index is 791. The van der Waals surface area contributed by atoms with Gasteiger partial charge < -0.3 is 10.6 Å². The van der Waals surface area contributed by atoms with Gasteiger partial charge >= 0.3 is 6.18 Å². The number of aryl methyl sites for hydroxylation is 1. The summed E-state index contributed by atoms with van der Waals surface area (Å²) in [5.74, 6) is 0.229. The number of hydrogen-bond donors (Lipinski definition) is 2. The lowest BCUT2D eigenvalue weighted by atomic mass is 9.93. The van der Waals surface area contributed by atoms with Crippen molar-refractivity contribution >= 4 is 34.6 Å². The number of anilines is 1. The van der Waals surface area contributed by atoms with Gasteiger partial charge in [-0.2, -0.15) is 13.2 Å². The van der Waals surface area contributed by atoms with E-state index >= 15 is 0 Å². The first kappa shape index (κ1) is 20.5. The third-order valence-electron chi connectivity index (χ3n) is 4.01. The smallest absolute Gasteiger partial charge is 0.355 e. The van der Waals surface area contributed by atoms with Gasteiger partial charge in [0.1, 0.15) is 0 Å². The number of rotatable bonds is 4. The van der Waals surface area contributed by atoms with Crippen molar-refractivity contribution in [3.8, 4) is 0 Å². The van der Waals surface area contributed by atoms with Crippen LogP contribution in [-0.2, 0) is 6.18 Å². The van der Waals surface area contributed by atoms with E-state index in [2.05, 4.69) is 24.5 Å². The third-order valence-corrected chi connectivity index (χ3v) is 4.56. The average Bonchev–Trinajstić information content (AvgIpc) is 2.54. The van der Waals surface area contributed by atoms with Gasteiger partial charge in [0.15, 0.2) is 5.11 Å². The van der Waals surface area contributed by atoms with E-state index in [1.165, 1.54) is 12.1 Å². The van der Waals surface area contributed by atoms with Gasteiger partial charge in [0.05, 0.1) is 16.6 Å². The Labute approximate surface area is 161 Å². The van der Waals surface area contributed by atoms with E-state index < -0.39 is 11.7 Å². The maximum atomic E-state index is 13.0. The number of alkyl halides is 3. The fourth-order valence-corrected chi connectivity index (χ4v) is 3.14. The highest BCUT2D eigenvalue weighted by molar-refractivity contribution is 7.80. The van der Waals surface area contributed by atoms with Crippen LogP contribution in [0.2, 0.25) is 5.02 Å². The van der Waals surface area contributed by atoms with Crippen molar-refractivity contribution in [2.45, 2.75) is 33.0 Å². The van der Waals surface area contributed by atoms with Crippen molar-refractivity contribution in [3.05, 3.63) is 64.2 Å². The number of thiocarbonyl (C=S) groups is 1. The molecule has 0 bridgehead atoms. The summed E-state index contributed by atoms with van der Waals surface area (Å²) in [5.41, 5.74) is 1.55. The molecule has 2 nitrogen and oxygen atoms in total. The van der Waals surface area contributed by atoms with Gasteiger partial charge in [0.2, 0.25) is 0 Å². The third kappa shape index (κ3) is 5.11. The second-order valence-corrected chi connectivity index (χ2v) is 7.18. The van der Waals surface area contributed by atoms with Crippen LogP contribution in [-0.4, -0.2) is 5.11 Å². The fraction of sp³-hybridized carbons (Fsp3) is 0.316. The summed E-state index contributed by atoms with van der Waals surface area (Å²) in [6.45, 7) is 6.12. The van der Waals surface area contributed by atoms with E-state index in [1.807, 2.05) is 31.2 Å². The van der Waals surface area contributed by atoms with Gasteiger partial charge in [-0.15, -0.1) is 0 Å². The molecule has 0 heterocycles. The van der Waals surface area contributed by atoms with Gasteiger partial charge in [-0.3, -0.25) is 0 Å². The molecule has 0 saturated heterocycles. The van der Waals surface area contributed by atoms with Crippen molar-refractivity contribution < 1.29 is 13.2 Å². The first-order valence-electron chi connectivity index (χ1n) is 8.09. The van der Waals surface area contributed by atoms with Crippen LogP contribution in [0.15, 0.2) is 42.5 Å². The predicted octanol–water partition coefficient (Wildman–Crippen LogP) is 6.35. The Balaban J connectivity index is 2.18. The fourth-order valence-electron chi connectivity index (χ4n) is 2.67. The summed E-state index contributed by atoms with van der Waals surface area (Å²) < 4.78 is 39.0. The van der Waals surface area contributed by atoms with Gasteiger partial charge in [-0.1, -0.05) is 49.7 Å². The summed E-state index contributed by atoms with van der Waals surface area (Å²) in [6.07, 6.45) is -4.52. The summed E-state index contributed by atoms with van der Waals surface area (Å²) in [5, 5.41) is 5.93. The quantitative estimate of drug-likeness (QED) is 0.584. The molecular weight excluding hydrogens is 381 g/mol. The molecular formula is C19H20ClF3N2S. The molecule has 2 aromatic rings. The van der Waals surface area contributed by atoms with E-state index in [-0.39, 0.29) is 27.8 Å². The zero-order valence-electron chi connectivity index (χ0n) is 14.6. The number of nitrogens with one attached hydrogen (secondary N) is 2. The summed E-state index contributed by atoms with van der Waals surface area (Å²) >= 11 is 11.0. The van der Waals surface area contributed by atoms with Crippen molar-refractivity contribution in [3.63, 3.8) is 0 Å². The van der Waals surface area contributed by atoms with E-state index in [1.54, 1.807) is 0 Å². The second kappa shape index (κ2) is 8.27. The number of halogens is 4. The Morgan fingerprint density at radius 2 is 1.77 bits per heavy atom. The summed E-state index contributed by atoms with van der Waals surface area (Å²) in [6, 6.07) is 11.5. The molecule has 2 aromatic carbocycles. The molecule has 0 aromatic heterocycles. The Morgan fingerprint density at radius 3 is 2.35 bits per heavy atom. The van der Waals surface area contributed by atoms with Crippen LogP contribution in [0.25, 0.3) is 0 Å². The first-order valence-corrected chi connectivity index (χ1v) is 8.88. The monoisotopic (exact) mass is 400 g/mol. The molecule has 1 atom stereocenters. The lowest BCUT2D eigenvalue weighted by molar-refractivity contribution is -0.137. The van der Waals surface area contributed by atoms with Crippen LogP contribution >= 0.6 is 23.8 Å². The van der Waals surface area contributed by atoms with Gasteiger partial charge in [-0.25, -0.2) is 0 Å². The van der Waals surface area contributed by atoms with Crippen molar-refractivity contribution in [2.75, 3.05) is 5.32 Å². The Hall–Kier alpha value is -1.79. The maximum absolute atomic E-state index is 13.0. The lowest BCUT2D eigenvalue weighted by Crippen LogP contribution is -2.35. The minimum absolute atomic E-state index is 0.0643. The molecule has 26 heavy (non-hydrogen) atoms. The highest BCUT2D eigenvalue weighted by atomic mass is 35.5. The van der Waals surface area contributed by atoms with Crippen molar-refractivity contribution in [1.29, 1.82) is 0 Å². The van der Waals surface area contributed by atoms with Gasteiger partial charge in [-0.05, 0) is 54.4 Å². The standard InChI is InChI=1S/C19H20ClF3N2S/c1-11(2)17(14-7-5-4-6-12(14)3)25-18(26)24-13-8-9-16(20)15(10-13)19(21,22)23/h4-11,17H,1-3H3,(H2,24,25,26). The number of benzene rings is 2. The molecule has 7 heteroatoms. The maximum Gasteiger partial charge on any atom is 0.417 e. The zero-order chi connectivity index (χ0) is 19.5. The molecule has 0 aliphatic rings. The van der Waals surface area contributed by atoms with Crippen molar-refractivity contribution in [1.82, 2.24) is 5.32 Å². The first-order chi connectivity index (χ1) is 12.1. The van der Waals surface area contributed by atoms with E-state index in [0.717, 1.165) is 17.2 Å². The molecule has 2 rings (SSSR count). The minimum Gasteiger partial charge on any atom is -0.355 e. The Kier molecular flexibility index (Phi) is 6.53. The van der Waals surface area contributed by atoms with Gasteiger partial charge in [0.25, 0.3) is 0 Å². The van der Waals surface area contributed by atoms with Crippen LogP contribution in [0.5, 0.6) is 0 Å². The molecule has 0 spiro atoms. The summed E-state index contributed by atoms with van der Waals surface area (Å²) in [7, 11) is 0. The molecule has 1 unspecified atom stereocenters. The molecule has 0 aliphatic heterocycles. The molecule has 2 N–H and O–H groups in total. The molecule has 0 radical (unpaired) electrons. The average molecular weight is 401 g/mol. The van der Waals surface area contributed by atoms with Crippen LogP contribution in [0.3, 0.4) is 0 Å². The second-order valence-electron chi connectivity index (χ2n) is 6.37. The van der Waals surface area contributed by atoms with Crippen LogP contribution in [0.4, 0.5) is 18.9 Å². The lowest BCUT2D eigenvalue weighted by Gasteiger charge is -2.26. The molecule has 0 amide bonds. The minimum atomic E-state index is -4.52. The highest BCUT2D eigenvalue weighted by Crippen LogP contribution is 2.36. The van der Waals surface area contributed by atoms with E-state index in [0.29, 0.717) is 0 Å². The highest BCUT2D eigenvalue weighted by Gasteiger charge is 2.33. The predicted molar refractivity (Wildman–Crippen MR) is 105 cm³/mol. The largest absolute Gasteiger partial charge is 0.417 e. The van der Waals surface area contributed by atoms with Crippen LogP contribution in [0, 0.1) is 12.8 Å². The number of hydrogen-bond acceptors (Lipinski definition) is 1. The topological polar surface area (TPSA) is 24.1 Å². The van der Waals surface area contributed by atoms with E-state index in [4.69, 9.17) is 23.8 Å². The van der Waals surface area contributed by atoms with Crippen LogP contribution < -0.4 is 10.6 Å². The van der Waals surface area contributed by atoms with Gasteiger partial charge in [0, 0.05) is 5.69 Å². The molecule has 140 valence electrons. The normalized spacial score (nSPS) is 12.8. The Morgan fingerprint density at radius 1 is 1.12 bits per heavy atom. The molecule has 0 saturated carbocycles. The van der Waals surface area contributed by atoms with Crippen molar-refractivity contribution in [2.24, 2.45) is 5.92 Å². The SMILES string of the molecule is Cc1ccccc1C(NC(=S)Nc1ccc(Cl)c(C(F)(F)F)c1)C(C)C. The molecule has 0 fully saturated rings. The summed E-state index contributed by atoms with van der Waals surface area (Å²) in [4.78, 5) is 0. The zero-order valence-corrected chi connectivity index (χ0v) is 16.2. The molecule has 0 aliphatic carbocycles. The van der Waals surface area contributed by atoms with Crippen LogP contribution in [0.1, 0.15) is 36.6 Å².